The van der Waals surface area contributed by atoms with Crippen molar-refractivity contribution in [2.24, 2.45) is 12.8 Å². The van der Waals surface area contributed by atoms with Crippen LogP contribution in [-0.2, 0) is 13.6 Å². The molecule has 102 valence electrons. The summed E-state index contributed by atoms with van der Waals surface area (Å²) >= 11 is 0. The molecule has 0 amide bonds. The van der Waals surface area contributed by atoms with Crippen LogP contribution in [0.2, 0.25) is 0 Å². The number of aryl methyl sites for hydroxylation is 2. The lowest BCUT2D eigenvalue weighted by Crippen LogP contribution is -2.39. The predicted molar refractivity (Wildman–Crippen MR) is 74.8 cm³/mol. The molecule has 0 bridgehead atoms. The van der Waals surface area contributed by atoms with Gasteiger partial charge in [-0.1, -0.05) is 0 Å². The summed E-state index contributed by atoms with van der Waals surface area (Å²) in [5.74, 6) is 1.22. The number of hydrogen-bond acceptors (Lipinski definition) is 4. The lowest BCUT2D eigenvalue weighted by molar-refractivity contribution is 0.370. The fraction of sp³-hybridized carbons (Fsp3) is 0.769. The Bertz CT molecular complexity index is 410. The normalized spacial score (nSPS) is 20.1. The van der Waals surface area contributed by atoms with Gasteiger partial charge in [-0.25, -0.2) is 0 Å². The highest BCUT2D eigenvalue weighted by atomic mass is 15.4. The molecule has 1 aromatic rings. The van der Waals surface area contributed by atoms with Gasteiger partial charge in [-0.3, -0.25) is 4.68 Å². The van der Waals surface area contributed by atoms with E-state index in [2.05, 4.69) is 29.0 Å². The summed E-state index contributed by atoms with van der Waals surface area (Å²) in [6.45, 7) is 4.82. The summed E-state index contributed by atoms with van der Waals surface area (Å²) < 4.78 is 1.99. The Kier molecular flexibility index (Phi) is 3.92. The molecule has 2 N–H and O–H groups in total. The van der Waals surface area contributed by atoms with Crippen molar-refractivity contribution >= 4 is 5.82 Å². The van der Waals surface area contributed by atoms with Crippen LogP contribution in [0.1, 0.15) is 24.1 Å². The zero-order chi connectivity index (χ0) is 13.3. The first-order valence-electron chi connectivity index (χ1n) is 6.68. The lowest BCUT2D eigenvalue weighted by Gasteiger charge is -2.29. The number of anilines is 1. The standard InChI is InChI=1S/C13H25N5/c1-10-12(8-14)13(17(4)15-10)18-7-5-6-11(18)9-16(2)3/h11H,5-9,14H2,1-4H3. The molecule has 2 rings (SSSR count). The van der Waals surface area contributed by atoms with Crippen LogP contribution in [-0.4, -0.2) is 47.9 Å². The lowest BCUT2D eigenvalue weighted by atomic mass is 10.2. The third-order valence-electron chi connectivity index (χ3n) is 3.74. The summed E-state index contributed by atoms with van der Waals surface area (Å²) in [4.78, 5) is 4.75. The maximum absolute atomic E-state index is 5.89. The Labute approximate surface area is 110 Å². The largest absolute Gasteiger partial charge is 0.352 e. The molecule has 0 spiro atoms. The first-order valence-corrected chi connectivity index (χ1v) is 6.68. The van der Waals surface area contributed by atoms with Gasteiger partial charge in [0.1, 0.15) is 5.82 Å². The molecule has 0 aliphatic carbocycles. The summed E-state index contributed by atoms with van der Waals surface area (Å²) in [6.07, 6.45) is 2.51. The second-order valence-electron chi connectivity index (χ2n) is 5.47. The fourth-order valence-electron chi connectivity index (χ4n) is 3.01. The van der Waals surface area contributed by atoms with Crippen LogP contribution in [0.3, 0.4) is 0 Å². The van der Waals surface area contributed by atoms with Crippen molar-refractivity contribution in [2.45, 2.75) is 32.4 Å². The third-order valence-corrected chi connectivity index (χ3v) is 3.74. The van der Waals surface area contributed by atoms with E-state index in [9.17, 15) is 0 Å². The highest BCUT2D eigenvalue weighted by molar-refractivity contribution is 5.52. The van der Waals surface area contributed by atoms with Gasteiger partial charge in [0.05, 0.1) is 5.69 Å². The van der Waals surface area contributed by atoms with Crippen LogP contribution >= 0.6 is 0 Å². The monoisotopic (exact) mass is 251 g/mol. The Morgan fingerprint density at radius 3 is 2.78 bits per heavy atom. The Morgan fingerprint density at radius 2 is 2.17 bits per heavy atom. The molecule has 5 heteroatoms. The van der Waals surface area contributed by atoms with E-state index < -0.39 is 0 Å². The maximum Gasteiger partial charge on any atom is 0.131 e. The minimum absolute atomic E-state index is 0.570. The van der Waals surface area contributed by atoms with E-state index >= 15 is 0 Å². The number of hydrogen-bond donors (Lipinski definition) is 1. The van der Waals surface area contributed by atoms with Gasteiger partial charge in [-0.2, -0.15) is 5.10 Å². The molecule has 2 heterocycles. The Morgan fingerprint density at radius 1 is 1.44 bits per heavy atom. The summed E-state index contributed by atoms with van der Waals surface area (Å²) in [5.41, 5.74) is 8.15. The molecule has 1 saturated heterocycles. The number of likely N-dealkylation sites (N-methyl/N-ethyl adjacent to an activating group) is 1. The second-order valence-corrected chi connectivity index (χ2v) is 5.47. The van der Waals surface area contributed by atoms with E-state index in [-0.39, 0.29) is 0 Å². The van der Waals surface area contributed by atoms with Gasteiger partial charge in [0.25, 0.3) is 0 Å². The van der Waals surface area contributed by atoms with Crippen LogP contribution in [0.25, 0.3) is 0 Å². The van der Waals surface area contributed by atoms with E-state index in [1.165, 1.54) is 24.2 Å². The number of nitrogens with two attached hydrogens (primary N) is 1. The zero-order valence-electron chi connectivity index (χ0n) is 12.0. The van der Waals surface area contributed by atoms with E-state index in [1.54, 1.807) is 0 Å². The van der Waals surface area contributed by atoms with Crippen molar-refractivity contribution in [1.82, 2.24) is 14.7 Å². The molecular weight excluding hydrogens is 226 g/mol. The molecule has 18 heavy (non-hydrogen) atoms. The molecule has 1 aromatic heterocycles. The van der Waals surface area contributed by atoms with Gasteiger partial charge in [0.2, 0.25) is 0 Å². The predicted octanol–water partition coefficient (Wildman–Crippen LogP) is 0.718. The highest BCUT2D eigenvalue weighted by Gasteiger charge is 2.29. The summed E-state index contributed by atoms with van der Waals surface area (Å²) in [5, 5.41) is 4.52. The van der Waals surface area contributed by atoms with E-state index in [0.717, 1.165) is 18.8 Å². The first kappa shape index (κ1) is 13.4. The molecule has 0 saturated carbocycles. The van der Waals surface area contributed by atoms with Crippen molar-refractivity contribution < 1.29 is 0 Å². The van der Waals surface area contributed by atoms with Crippen molar-refractivity contribution in [2.75, 3.05) is 32.1 Å². The summed E-state index contributed by atoms with van der Waals surface area (Å²) in [7, 11) is 6.29. The SMILES string of the molecule is Cc1nn(C)c(N2CCCC2CN(C)C)c1CN. The number of rotatable bonds is 4. The molecule has 1 atom stereocenters. The second kappa shape index (κ2) is 5.28. The minimum Gasteiger partial charge on any atom is -0.352 e. The van der Waals surface area contributed by atoms with Gasteiger partial charge >= 0.3 is 0 Å². The minimum atomic E-state index is 0.570. The zero-order valence-corrected chi connectivity index (χ0v) is 12.0. The quantitative estimate of drug-likeness (QED) is 0.856. The molecule has 0 aromatic carbocycles. The molecule has 1 fully saturated rings. The van der Waals surface area contributed by atoms with Gasteiger partial charge in [-0.15, -0.1) is 0 Å². The Balaban J connectivity index is 2.29. The topological polar surface area (TPSA) is 50.3 Å². The van der Waals surface area contributed by atoms with Gasteiger partial charge in [0, 0.05) is 38.3 Å². The average Bonchev–Trinajstić information content (AvgIpc) is 2.81. The molecule has 1 aliphatic heterocycles. The smallest absolute Gasteiger partial charge is 0.131 e. The van der Waals surface area contributed by atoms with Crippen molar-refractivity contribution in [3.8, 4) is 0 Å². The van der Waals surface area contributed by atoms with Crippen molar-refractivity contribution in [3.63, 3.8) is 0 Å². The fourth-order valence-corrected chi connectivity index (χ4v) is 3.01. The molecule has 5 nitrogen and oxygen atoms in total. The summed E-state index contributed by atoms with van der Waals surface area (Å²) in [6, 6.07) is 0.583. The average molecular weight is 251 g/mol. The number of nitrogens with zero attached hydrogens (tertiary/aromatic N) is 4. The molecular formula is C13H25N5. The highest BCUT2D eigenvalue weighted by Crippen LogP contribution is 2.30. The molecule has 1 unspecified atom stereocenters. The van der Waals surface area contributed by atoms with E-state index in [0.29, 0.717) is 12.6 Å². The first-order chi connectivity index (χ1) is 8.54. The third kappa shape index (κ3) is 2.37. The van der Waals surface area contributed by atoms with Crippen LogP contribution in [0.4, 0.5) is 5.82 Å². The molecule has 0 radical (unpaired) electrons. The van der Waals surface area contributed by atoms with Gasteiger partial charge < -0.3 is 15.5 Å². The number of aromatic nitrogens is 2. The van der Waals surface area contributed by atoms with Gasteiger partial charge in [0.15, 0.2) is 0 Å². The van der Waals surface area contributed by atoms with Crippen molar-refractivity contribution in [3.05, 3.63) is 11.3 Å². The molecule has 1 aliphatic rings. The Hall–Kier alpha value is -1.07. The van der Waals surface area contributed by atoms with Gasteiger partial charge in [-0.05, 0) is 33.9 Å². The van der Waals surface area contributed by atoms with Crippen molar-refractivity contribution in [1.29, 1.82) is 0 Å². The maximum atomic E-state index is 5.89. The van der Waals surface area contributed by atoms with E-state index in [4.69, 9.17) is 5.73 Å². The van der Waals surface area contributed by atoms with Crippen LogP contribution in [0, 0.1) is 6.92 Å². The van der Waals surface area contributed by atoms with Crippen LogP contribution < -0.4 is 10.6 Å². The van der Waals surface area contributed by atoms with Crippen LogP contribution in [0.15, 0.2) is 0 Å². The van der Waals surface area contributed by atoms with E-state index in [1.807, 2.05) is 18.7 Å². The van der Waals surface area contributed by atoms with Crippen LogP contribution in [0.5, 0.6) is 0 Å².